The molecule has 1 amide bonds. The molecule has 0 saturated heterocycles. The fourth-order valence-corrected chi connectivity index (χ4v) is 3.91. The minimum atomic E-state index is -0.139. The van der Waals surface area contributed by atoms with Gasteiger partial charge in [0.05, 0.1) is 18.3 Å². The van der Waals surface area contributed by atoms with E-state index in [1.54, 1.807) is 30.9 Å². The molecule has 1 aliphatic rings. The predicted octanol–water partition coefficient (Wildman–Crippen LogP) is 5.70. The van der Waals surface area contributed by atoms with Crippen molar-refractivity contribution in [2.75, 3.05) is 10.6 Å². The lowest BCUT2D eigenvalue weighted by Gasteiger charge is -2.08. The number of aromatic nitrogens is 4. The smallest absolute Gasteiger partial charge is 0.229 e. The van der Waals surface area contributed by atoms with Gasteiger partial charge in [0.1, 0.15) is 5.82 Å². The normalized spacial score (nSPS) is 12.9. The maximum Gasteiger partial charge on any atom is 0.229 e. The van der Waals surface area contributed by atoms with Gasteiger partial charge in [-0.05, 0) is 60.6 Å². The summed E-state index contributed by atoms with van der Waals surface area (Å²) in [4.78, 5) is 29.8. The van der Waals surface area contributed by atoms with Crippen LogP contribution in [-0.4, -0.2) is 25.8 Å². The van der Waals surface area contributed by atoms with Gasteiger partial charge >= 0.3 is 0 Å². The van der Waals surface area contributed by atoms with Gasteiger partial charge < -0.3 is 10.6 Å². The van der Waals surface area contributed by atoms with Gasteiger partial charge in [-0.2, -0.15) is 0 Å². The number of carbonyl (C=O) groups is 1. The van der Waals surface area contributed by atoms with E-state index in [0.717, 1.165) is 46.5 Å². The molecule has 1 saturated carbocycles. The number of hydrogen-bond acceptors (Lipinski definition) is 6. The largest absolute Gasteiger partial charge is 0.323 e. The number of halogens is 1. The van der Waals surface area contributed by atoms with Gasteiger partial charge in [0, 0.05) is 34.9 Å². The lowest BCUT2D eigenvalue weighted by atomic mass is 10.1. The van der Waals surface area contributed by atoms with E-state index in [9.17, 15) is 4.79 Å². The zero-order valence-corrected chi connectivity index (χ0v) is 19.4. The van der Waals surface area contributed by atoms with Crippen molar-refractivity contribution in [3.05, 3.63) is 89.1 Å². The maximum atomic E-state index is 12.5. The highest BCUT2D eigenvalue weighted by Crippen LogP contribution is 2.43. The van der Waals surface area contributed by atoms with Gasteiger partial charge in [-0.25, -0.2) is 15.0 Å². The molecule has 170 valence electrons. The van der Waals surface area contributed by atoms with E-state index in [1.807, 2.05) is 43.3 Å². The van der Waals surface area contributed by atoms with Crippen LogP contribution in [0, 0.1) is 6.92 Å². The van der Waals surface area contributed by atoms with Gasteiger partial charge in [-0.1, -0.05) is 35.9 Å². The van der Waals surface area contributed by atoms with Crippen LogP contribution in [0.15, 0.2) is 67.3 Å². The molecule has 1 aliphatic carbocycles. The third-order valence-electron chi connectivity index (χ3n) is 5.64. The van der Waals surface area contributed by atoms with Crippen molar-refractivity contribution in [1.82, 2.24) is 19.9 Å². The van der Waals surface area contributed by atoms with Crippen molar-refractivity contribution in [3.8, 4) is 11.1 Å². The second-order valence-electron chi connectivity index (χ2n) is 8.40. The first kappa shape index (κ1) is 22.0. The number of pyridine rings is 2. The molecule has 5 rings (SSSR count). The topological polar surface area (TPSA) is 92.7 Å². The van der Waals surface area contributed by atoms with E-state index >= 15 is 0 Å². The van der Waals surface area contributed by atoms with E-state index in [0.29, 0.717) is 22.7 Å². The molecule has 1 fully saturated rings. The van der Waals surface area contributed by atoms with Crippen molar-refractivity contribution < 1.29 is 4.79 Å². The number of carbonyl (C=O) groups excluding carboxylic acids is 1. The van der Waals surface area contributed by atoms with E-state index in [-0.39, 0.29) is 12.3 Å². The van der Waals surface area contributed by atoms with Gasteiger partial charge in [0.25, 0.3) is 0 Å². The summed E-state index contributed by atoms with van der Waals surface area (Å²) in [5.74, 6) is 1.36. The molecule has 3 heterocycles. The van der Waals surface area contributed by atoms with Gasteiger partial charge in [0.15, 0.2) is 0 Å². The average Bonchev–Trinajstić information content (AvgIpc) is 3.67. The van der Waals surface area contributed by atoms with E-state index in [1.165, 1.54) is 0 Å². The Labute approximate surface area is 202 Å². The summed E-state index contributed by atoms with van der Waals surface area (Å²) in [6, 6.07) is 13.3. The van der Waals surface area contributed by atoms with Crippen molar-refractivity contribution >= 4 is 35.0 Å². The molecule has 8 heteroatoms. The zero-order chi connectivity index (χ0) is 23.5. The first-order chi connectivity index (χ1) is 16.5. The number of benzene rings is 1. The summed E-state index contributed by atoms with van der Waals surface area (Å²) >= 11 is 6.33. The Morgan fingerprint density at radius 1 is 0.941 bits per heavy atom. The Bertz CT molecular complexity index is 1300. The monoisotopic (exact) mass is 470 g/mol. The second kappa shape index (κ2) is 9.57. The molecule has 0 aliphatic heterocycles. The summed E-state index contributed by atoms with van der Waals surface area (Å²) < 4.78 is 0. The highest BCUT2D eigenvalue weighted by molar-refractivity contribution is 6.31. The summed E-state index contributed by atoms with van der Waals surface area (Å²) in [5, 5.41) is 6.62. The molecular formula is C26H23ClN6O. The molecule has 1 aromatic carbocycles. The van der Waals surface area contributed by atoms with Crippen molar-refractivity contribution in [3.63, 3.8) is 0 Å². The van der Waals surface area contributed by atoms with Crippen molar-refractivity contribution in [2.45, 2.75) is 32.1 Å². The van der Waals surface area contributed by atoms with Crippen molar-refractivity contribution in [2.24, 2.45) is 0 Å². The molecule has 2 N–H and O–H groups in total. The van der Waals surface area contributed by atoms with Gasteiger partial charge in [-0.15, -0.1) is 0 Å². The van der Waals surface area contributed by atoms with Gasteiger partial charge in [-0.3, -0.25) is 9.78 Å². The Balaban J connectivity index is 1.18. The number of aryl methyl sites for hydroxylation is 1. The lowest BCUT2D eigenvalue weighted by Crippen LogP contribution is -2.15. The predicted molar refractivity (Wildman–Crippen MR) is 133 cm³/mol. The molecule has 34 heavy (non-hydrogen) atoms. The molecular weight excluding hydrogens is 448 g/mol. The lowest BCUT2D eigenvalue weighted by molar-refractivity contribution is -0.115. The Hall–Kier alpha value is -3.84. The number of hydrogen-bond donors (Lipinski definition) is 2. The van der Waals surface area contributed by atoms with Crippen LogP contribution in [0.5, 0.6) is 0 Å². The first-order valence-corrected chi connectivity index (χ1v) is 11.5. The van der Waals surface area contributed by atoms with Crippen LogP contribution < -0.4 is 10.6 Å². The third-order valence-corrected chi connectivity index (χ3v) is 5.97. The second-order valence-corrected chi connectivity index (χ2v) is 8.80. The third kappa shape index (κ3) is 5.38. The Kier molecular flexibility index (Phi) is 6.18. The SMILES string of the molecule is Cc1ccc(Nc2ncc(-c3ccc(CC(=O)Nc4cc(Cl)c(C5CC5)cn4)cc3)cn2)cn1. The Morgan fingerprint density at radius 2 is 1.71 bits per heavy atom. The number of rotatable bonds is 7. The standard InChI is InChI=1S/C26H23ClN6O/c1-16-2-9-21(14-28-16)32-26-30-12-20(13-31-26)18-5-3-17(4-6-18)10-25(34)33-24-11-23(27)22(15-29-24)19-7-8-19/h2-6,9,11-15,19H,7-8,10H2,1H3,(H,29,33,34)(H,30,31,32). The molecule has 0 atom stereocenters. The van der Waals surface area contributed by atoms with Crippen LogP contribution in [0.3, 0.4) is 0 Å². The number of anilines is 3. The first-order valence-electron chi connectivity index (χ1n) is 11.1. The molecule has 4 aromatic rings. The van der Waals surface area contributed by atoms with Crippen LogP contribution in [0.2, 0.25) is 5.02 Å². The van der Waals surface area contributed by atoms with Crippen LogP contribution in [0.1, 0.15) is 35.6 Å². The number of amides is 1. The minimum absolute atomic E-state index is 0.139. The summed E-state index contributed by atoms with van der Waals surface area (Å²) in [5.41, 5.74) is 5.60. The fraction of sp³-hybridized carbons (Fsp3) is 0.192. The highest BCUT2D eigenvalue weighted by Gasteiger charge is 2.26. The molecule has 0 radical (unpaired) electrons. The van der Waals surface area contributed by atoms with Crippen LogP contribution in [0.4, 0.5) is 17.5 Å². The fourth-order valence-electron chi connectivity index (χ4n) is 3.60. The minimum Gasteiger partial charge on any atom is -0.323 e. The quantitative estimate of drug-likeness (QED) is 0.360. The van der Waals surface area contributed by atoms with Crippen LogP contribution >= 0.6 is 11.6 Å². The van der Waals surface area contributed by atoms with Crippen LogP contribution in [-0.2, 0) is 11.2 Å². The van der Waals surface area contributed by atoms with E-state index in [4.69, 9.17) is 11.6 Å². The number of nitrogens with zero attached hydrogens (tertiary/aromatic N) is 4. The molecule has 0 unspecified atom stereocenters. The maximum absolute atomic E-state index is 12.5. The Morgan fingerprint density at radius 3 is 2.35 bits per heavy atom. The molecule has 0 bridgehead atoms. The van der Waals surface area contributed by atoms with E-state index in [2.05, 4.69) is 30.6 Å². The molecule has 7 nitrogen and oxygen atoms in total. The van der Waals surface area contributed by atoms with Crippen molar-refractivity contribution in [1.29, 1.82) is 0 Å². The van der Waals surface area contributed by atoms with Crippen LogP contribution in [0.25, 0.3) is 11.1 Å². The average molecular weight is 471 g/mol. The summed E-state index contributed by atoms with van der Waals surface area (Å²) in [6.45, 7) is 1.94. The number of nitrogens with one attached hydrogen (secondary N) is 2. The summed E-state index contributed by atoms with van der Waals surface area (Å²) in [7, 11) is 0. The van der Waals surface area contributed by atoms with E-state index < -0.39 is 0 Å². The highest BCUT2D eigenvalue weighted by atomic mass is 35.5. The van der Waals surface area contributed by atoms with Gasteiger partial charge in [0.2, 0.25) is 11.9 Å². The zero-order valence-electron chi connectivity index (χ0n) is 18.6. The molecule has 3 aromatic heterocycles. The summed E-state index contributed by atoms with van der Waals surface area (Å²) in [6.07, 6.45) is 9.59. The molecule has 0 spiro atoms.